The zero-order valence-corrected chi connectivity index (χ0v) is 19.9. The summed E-state index contributed by atoms with van der Waals surface area (Å²) in [7, 11) is 0. The number of hydrogen-bond donors (Lipinski definition) is 1. The molecule has 0 aliphatic carbocycles. The summed E-state index contributed by atoms with van der Waals surface area (Å²) >= 11 is 1.12. The largest absolute Gasteiger partial charge is 0.485 e. The number of amides is 1. The van der Waals surface area contributed by atoms with Crippen LogP contribution in [0.25, 0.3) is 0 Å². The van der Waals surface area contributed by atoms with E-state index >= 15 is 0 Å². The van der Waals surface area contributed by atoms with E-state index in [1.54, 1.807) is 0 Å². The van der Waals surface area contributed by atoms with Crippen LogP contribution in [0.5, 0.6) is 16.7 Å². The monoisotopic (exact) mass is 478 g/mol. The van der Waals surface area contributed by atoms with E-state index in [1.807, 2.05) is 50.2 Å². The number of rotatable bonds is 5. The fourth-order valence-electron chi connectivity index (χ4n) is 4.68. The molecule has 2 unspecified atom stereocenters. The Kier molecular flexibility index (Phi) is 5.77. The molecule has 0 bridgehead atoms. The predicted octanol–water partition coefficient (Wildman–Crippen LogP) is 5.33. The van der Waals surface area contributed by atoms with Crippen molar-refractivity contribution in [2.24, 2.45) is 5.41 Å². The normalized spacial score (nSPS) is 20.9. The number of ether oxygens (including phenoxy) is 2. The second kappa shape index (κ2) is 8.76. The van der Waals surface area contributed by atoms with E-state index in [2.05, 4.69) is 17.1 Å². The van der Waals surface area contributed by atoms with E-state index in [4.69, 9.17) is 9.47 Å². The molecule has 2 aliphatic rings. The second-order valence-corrected chi connectivity index (χ2v) is 10.6. The van der Waals surface area contributed by atoms with Crippen LogP contribution in [0.1, 0.15) is 53.6 Å². The Morgan fingerprint density at radius 2 is 2.00 bits per heavy atom. The number of nitrogens with zero attached hydrogens (tertiary/aromatic N) is 2. The van der Waals surface area contributed by atoms with Gasteiger partial charge in [-0.05, 0) is 54.0 Å². The number of carboxylic acid groups (broad SMARTS) is 1. The van der Waals surface area contributed by atoms with Gasteiger partial charge in [0.1, 0.15) is 28.5 Å². The molecule has 7 nitrogen and oxygen atoms in total. The Hall–Kier alpha value is -3.39. The van der Waals surface area contributed by atoms with Gasteiger partial charge in [0.2, 0.25) is 0 Å². The van der Waals surface area contributed by atoms with Crippen molar-refractivity contribution in [1.82, 2.24) is 9.88 Å². The number of fused-ring (bicyclic) bond motifs is 1. The van der Waals surface area contributed by atoms with Crippen molar-refractivity contribution in [2.75, 3.05) is 6.54 Å². The summed E-state index contributed by atoms with van der Waals surface area (Å²) < 4.78 is 12.1. The number of thiazole rings is 1. The van der Waals surface area contributed by atoms with Crippen LogP contribution in [0.4, 0.5) is 0 Å². The van der Waals surface area contributed by atoms with E-state index in [1.165, 1.54) is 16.7 Å². The lowest BCUT2D eigenvalue weighted by atomic mass is 9.91. The van der Waals surface area contributed by atoms with Crippen LogP contribution in [0.15, 0.2) is 54.7 Å². The first-order valence-electron chi connectivity index (χ1n) is 11.3. The zero-order chi connectivity index (χ0) is 23.9. The van der Waals surface area contributed by atoms with Gasteiger partial charge in [0.25, 0.3) is 11.1 Å². The molecule has 0 spiro atoms. The Bertz CT molecular complexity index is 1220. The van der Waals surface area contributed by atoms with Crippen LogP contribution >= 0.6 is 11.3 Å². The minimum absolute atomic E-state index is 0.0400. The number of aryl methyl sites for hydroxylation is 1. The summed E-state index contributed by atoms with van der Waals surface area (Å²) in [4.78, 5) is 30.7. The summed E-state index contributed by atoms with van der Waals surface area (Å²) in [6.45, 7) is 4.34. The molecule has 3 heterocycles. The molecular weight excluding hydrogens is 452 g/mol. The predicted molar refractivity (Wildman–Crippen MR) is 128 cm³/mol. The molecule has 8 heteroatoms. The maximum atomic E-state index is 13.0. The average Bonchev–Trinajstić information content (AvgIpc) is 3.42. The number of hydrogen-bond acceptors (Lipinski definition) is 6. The van der Waals surface area contributed by atoms with Crippen molar-refractivity contribution >= 4 is 23.2 Å². The second-order valence-electron chi connectivity index (χ2n) is 9.57. The molecule has 0 saturated carbocycles. The van der Waals surface area contributed by atoms with Crippen molar-refractivity contribution in [3.8, 4) is 16.7 Å². The van der Waals surface area contributed by atoms with Crippen LogP contribution in [-0.2, 0) is 11.2 Å². The number of carboxylic acids is 1. The molecule has 34 heavy (non-hydrogen) atoms. The summed E-state index contributed by atoms with van der Waals surface area (Å²) in [5.74, 6) is 0.167. The Morgan fingerprint density at radius 1 is 1.21 bits per heavy atom. The van der Waals surface area contributed by atoms with Crippen molar-refractivity contribution in [3.63, 3.8) is 0 Å². The van der Waals surface area contributed by atoms with Crippen molar-refractivity contribution < 1.29 is 24.2 Å². The fourth-order valence-corrected chi connectivity index (χ4v) is 5.42. The molecule has 1 saturated heterocycles. The van der Waals surface area contributed by atoms with Gasteiger partial charge in [-0.1, -0.05) is 55.5 Å². The smallest absolute Gasteiger partial charge is 0.326 e. The van der Waals surface area contributed by atoms with E-state index < -0.39 is 12.0 Å². The topological polar surface area (TPSA) is 89.0 Å². The third-order valence-corrected chi connectivity index (χ3v) is 7.18. The highest BCUT2D eigenvalue weighted by Crippen LogP contribution is 2.39. The van der Waals surface area contributed by atoms with Crippen LogP contribution in [0, 0.1) is 5.41 Å². The standard InChI is InChI=1S/C26H26N2O5S/c1-26(2)13-19(24(30)31)28(15-26)23(29)22-14-27-25(34-22)32-18-9-11-21-17(12-18)8-10-20(33-21)16-6-4-3-5-7-16/h3-7,9,11-12,14,19-20H,8,10,13,15H2,1-2H3,(H,30,31). The van der Waals surface area contributed by atoms with Gasteiger partial charge in [0, 0.05) is 6.54 Å². The highest BCUT2D eigenvalue weighted by molar-refractivity contribution is 7.15. The zero-order valence-electron chi connectivity index (χ0n) is 19.1. The molecule has 0 radical (unpaired) electrons. The molecule has 2 aliphatic heterocycles. The maximum Gasteiger partial charge on any atom is 0.326 e. The lowest BCUT2D eigenvalue weighted by molar-refractivity contribution is -0.141. The molecule has 176 valence electrons. The molecule has 3 aromatic rings. The third-order valence-electron chi connectivity index (χ3n) is 6.32. The first-order chi connectivity index (χ1) is 16.3. The molecule has 1 N–H and O–H groups in total. The summed E-state index contributed by atoms with van der Waals surface area (Å²) in [5.41, 5.74) is 1.99. The van der Waals surface area contributed by atoms with Gasteiger partial charge in [-0.3, -0.25) is 4.79 Å². The van der Waals surface area contributed by atoms with Gasteiger partial charge in [0.15, 0.2) is 0 Å². The lowest BCUT2D eigenvalue weighted by Crippen LogP contribution is -2.40. The molecule has 1 fully saturated rings. The summed E-state index contributed by atoms with van der Waals surface area (Å²) in [6.07, 6.45) is 3.68. The third kappa shape index (κ3) is 4.50. The highest BCUT2D eigenvalue weighted by atomic mass is 32.1. The Morgan fingerprint density at radius 3 is 2.76 bits per heavy atom. The number of aliphatic carboxylic acids is 1. The first kappa shape index (κ1) is 22.4. The minimum atomic E-state index is -0.981. The number of likely N-dealkylation sites (tertiary alicyclic amines) is 1. The number of benzene rings is 2. The van der Waals surface area contributed by atoms with Gasteiger partial charge in [-0.25, -0.2) is 9.78 Å². The number of aromatic nitrogens is 1. The van der Waals surface area contributed by atoms with E-state index in [-0.39, 0.29) is 17.4 Å². The summed E-state index contributed by atoms with van der Waals surface area (Å²) in [5, 5.41) is 9.89. The van der Waals surface area contributed by atoms with Crippen molar-refractivity contribution in [2.45, 2.75) is 45.3 Å². The molecule has 1 amide bonds. The van der Waals surface area contributed by atoms with Crippen LogP contribution < -0.4 is 9.47 Å². The molecule has 2 atom stereocenters. The fraction of sp³-hybridized carbons (Fsp3) is 0.346. The van der Waals surface area contributed by atoms with Gasteiger partial charge >= 0.3 is 5.97 Å². The summed E-state index contributed by atoms with van der Waals surface area (Å²) in [6, 6.07) is 15.1. The number of carbonyl (C=O) groups excluding carboxylic acids is 1. The minimum Gasteiger partial charge on any atom is -0.485 e. The SMILES string of the molecule is CC1(C)CC(C(=O)O)N(C(=O)c2cnc(Oc3ccc4c(c3)CCC(c3ccccc3)O4)s2)C1. The first-order valence-corrected chi connectivity index (χ1v) is 12.1. The van der Waals surface area contributed by atoms with Crippen LogP contribution in [0.2, 0.25) is 0 Å². The van der Waals surface area contributed by atoms with E-state index in [0.717, 1.165) is 35.5 Å². The highest BCUT2D eigenvalue weighted by Gasteiger charge is 2.44. The van der Waals surface area contributed by atoms with E-state index in [0.29, 0.717) is 28.8 Å². The Labute approximate surface area is 202 Å². The van der Waals surface area contributed by atoms with Crippen LogP contribution in [-0.4, -0.2) is 39.5 Å². The quantitative estimate of drug-likeness (QED) is 0.533. The van der Waals surface area contributed by atoms with E-state index in [9.17, 15) is 14.7 Å². The molecule has 2 aromatic carbocycles. The van der Waals surface area contributed by atoms with Crippen LogP contribution in [0.3, 0.4) is 0 Å². The lowest BCUT2D eigenvalue weighted by Gasteiger charge is -2.26. The van der Waals surface area contributed by atoms with Gasteiger partial charge in [-0.2, -0.15) is 0 Å². The van der Waals surface area contributed by atoms with Gasteiger partial charge in [-0.15, -0.1) is 0 Å². The van der Waals surface area contributed by atoms with Gasteiger partial charge < -0.3 is 19.5 Å². The van der Waals surface area contributed by atoms with Crippen molar-refractivity contribution in [1.29, 1.82) is 0 Å². The van der Waals surface area contributed by atoms with Gasteiger partial charge in [0.05, 0.1) is 6.20 Å². The van der Waals surface area contributed by atoms with Crippen molar-refractivity contribution in [3.05, 3.63) is 70.7 Å². The molecule has 1 aromatic heterocycles. The number of carbonyl (C=O) groups is 2. The molecule has 5 rings (SSSR count). The Balaban J connectivity index is 1.27. The molecular formula is C26H26N2O5S. The average molecular weight is 479 g/mol. The maximum absolute atomic E-state index is 13.0.